The van der Waals surface area contributed by atoms with Gasteiger partial charge in [-0.25, -0.2) is 0 Å². The molecule has 1 nitrogen and oxygen atoms in total. The van der Waals surface area contributed by atoms with Gasteiger partial charge >= 0.3 is 0 Å². The van der Waals surface area contributed by atoms with Crippen LogP contribution in [-0.4, -0.2) is 0 Å². The molecule has 102 valence electrons. The topological polar surface area (TPSA) is 23.8 Å². The molecule has 0 saturated heterocycles. The van der Waals surface area contributed by atoms with Crippen LogP contribution in [0.5, 0.6) is 0 Å². The van der Waals surface area contributed by atoms with Crippen LogP contribution in [0.25, 0.3) is 0 Å². The molecule has 0 atom stereocenters. The first-order valence-electron chi connectivity index (χ1n) is 6.38. The Balaban J connectivity index is 2.25. The third kappa shape index (κ3) is 3.65. The number of hydrogen-bond donors (Lipinski definition) is 0. The van der Waals surface area contributed by atoms with Gasteiger partial charge in [-0.3, -0.25) is 0 Å². The molecule has 20 heavy (non-hydrogen) atoms. The largest absolute Gasteiger partial charge is 0.192 e. The van der Waals surface area contributed by atoms with Crippen LogP contribution in [0.15, 0.2) is 56.7 Å². The van der Waals surface area contributed by atoms with Gasteiger partial charge in [-0.2, -0.15) is 5.26 Å². The molecule has 0 aromatic heterocycles. The maximum Gasteiger partial charge on any atom is 0.100 e. The third-order valence-electron chi connectivity index (χ3n) is 3.01. The van der Waals surface area contributed by atoms with Gasteiger partial charge in [-0.05, 0) is 41.3 Å². The highest BCUT2D eigenvalue weighted by molar-refractivity contribution is 9.10. The molecular weight excluding hydrogens is 330 g/mol. The van der Waals surface area contributed by atoms with Crippen LogP contribution in [0.3, 0.4) is 0 Å². The van der Waals surface area contributed by atoms with Gasteiger partial charge in [0.15, 0.2) is 0 Å². The van der Waals surface area contributed by atoms with Crippen molar-refractivity contribution in [3.8, 4) is 6.07 Å². The summed E-state index contributed by atoms with van der Waals surface area (Å²) in [7, 11) is 0. The molecule has 3 heteroatoms. The second-order valence-corrected chi connectivity index (χ2v) is 7.66. The van der Waals surface area contributed by atoms with Gasteiger partial charge < -0.3 is 0 Å². The Morgan fingerprint density at radius 1 is 1.05 bits per heavy atom. The summed E-state index contributed by atoms with van der Waals surface area (Å²) in [6, 6.07) is 16.6. The Hall–Kier alpha value is -1.24. The van der Waals surface area contributed by atoms with Crippen molar-refractivity contribution in [3.63, 3.8) is 0 Å². The smallest absolute Gasteiger partial charge is 0.100 e. The van der Waals surface area contributed by atoms with Gasteiger partial charge in [0.05, 0.1) is 5.56 Å². The van der Waals surface area contributed by atoms with E-state index in [0.29, 0.717) is 5.56 Å². The van der Waals surface area contributed by atoms with Crippen LogP contribution in [0.1, 0.15) is 31.9 Å². The minimum absolute atomic E-state index is 0.165. The van der Waals surface area contributed by atoms with Crippen molar-refractivity contribution in [1.82, 2.24) is 0 Å². The van der Waals surface area contributed by atoms with E-state index < -0.39 is 0 Å². The highest BCUT2D eigenvalue weighted by atomic mass is 79.9. The molecule has 0 aliphatic heterocycles. The monoisotopic (exact) mass is 345 g/mol. The second kappa shape index (κ2) is 6.03. The standard InChI is InChI=1S/C17H16BrNS/c1-17(2,3)13-4-7-15(8-5-13)20-16-9-6-14(18)10-12(16)11-19/h4-10H,1-3H3. The van der Waals surface area contributed by atoms with Gasteiger partial charge in [-0.15, -0.1) is 0 Å². The fourth-order valence-corrected chi connectivity index (χ4v) is 3.07. The highest BCUT2D eigenvalue weighted by Crippen LogP contribution is 2.33. The molecule has 2 aromatic rings. The number of nitriles is 1. The van der Waals surface area contributed by atoms with Gasteiger partial charge in [0.25, 0.3) is 0 Å². The highest BCUT2D eigenvalue weighted by Gasteiger charge is 2.13. The number of nitrogens with zero attached hydrogens (tertiary/aromatic N) is 1. The van der Waals surface area contributed by atoms with Crippen molar-refractivity contribution in [2.45, 2.75) is 36.0 Å². The third-order valence-corrected chi connectivity index (χ3v) is 4.59. The molecule has 0 bridgehead atoms. The number of benzene rings is 2. The molecule has 0 amide bonds. The quantitative estimate of drug-likeness (QED) is 0.689. The van der Waals surface area contributed by atoms with Gasteiger partial charge in [0.2, 0.25) is 0 Å². The van der Waals surface area contributed by atoms with E-state index >= 15 is 0 Å². The van der Waals surface area contributed by atoms with Crippen molar-refractivity contribution in [2.24, 2.45) is 0 Å². The van der Waals surface area contributed by atoms with E-state index in [0.717, 1.165) is 14.3 Å². The normalized spacial score (nSPS) is 11.2. The van der Waals surface area contributed by atoms with Crippen LogP contribution in [0, 0.1) is 11.3 Å². The lowest BCUT2D eigenvalue weighted by atomic mass is 9.87. The van der Waals surface area contributed by atoms with E-state index in [4.69, 9.17) is 0 Å². The lowest BCUT2D eigenvalue weighted by Gasteiger charge is -2.19. The summed E-state index contributed by atoms with van der Waals surface area (Å²) >= 11 is 5.02. The Morgan fingerprint density at radius 3 is 2.25 bits per heavy atom. The zero-order valence-electron chi connectivity index (χ0n) is 11.8. The molecule has 2 rings (SSSR count). The lowest BCUT2D eigenvalue weighted by Crippen LogP contribution is -2.10. The molecule has 0 N–H and O–H groups in total. The predicted octanol–water partition coefficient (Wildman–Crippen LogP) is 5.77. The first-order chi connectivity index (χ1) is 9.40. The Kier molecular flexibility index (Phi) is 4.57. The summed E-state index contributed by atoms with van der Waals surface area (Å²) in [4.78, 5) is 2.14. The number of halogens is 1. The van der Waals surface area contributed by atoms with Crippen molar-refractivity contribution < 1.29 is 0 Å². The first-order valence-corrected chi connectivity index (χ1v) is 7.99. The van der Waals surface area contributed by atoms with E-state index in [1.807, 2.05) is 18.2 Å². The first kappa shape index (κ1) is 15.2. The molecule has 0 aliphatic rings. The Bertz CT molecular complexity index is 648. The van der Waals surface area contributed by atoms with Crippen LogP contribution >= 0.6 is 27.7 Å². The molecule has 0 spiro atoms. The summed E-state index contributed by atoms with van der Waals surface area (Å²) in [6.45, 7) is 6.62. The van der Waals surface area contributed by atoms with Gasteiger partial charge in [0, 0.05) is 14.3 Å². The minimum Gasteiger partial charge on any atom is -0.192 e. The van der Waals surface area contributed by atoms with Crippen LogP contribution in [-0.2, 0) is 5.41 Å². The van der Waals surface area contributed by atoms with E-state index in [1.54, 1.807) is 11.8 Å². The lowest BCUT2D eigenvalue weighted by molar-refractivity contribution is 0.590. The summed E-state index contributed by atoms with van der Waals surface area (Å²) in [5.41, 5.74) is 2.18. The maximum atomic E-state index is 9.19. The summed E-state index contributed by atoms with van der Waals surface area (Å²) in [5, 5.41) is 9.19. The molecule has 2 aromatic carbocycles. The zero-order valence-corrected chi connectivity index (χ0v) is 14.2. The summed E-state index contributed by atoms with van der Waals surface area (Å²) in [6.07, 6.45) is 0. The van der Waals surface area contributed by atoms with Crippen LogP contribution in [0.4, 0.5) is 0 Å². The number of rotatable bonds is 2. The van der Waals surface area contributed by atoms with E-state index in [2.05, 4.69) is 67.0 Å². The fourth-order valence-electron chi connectivity index (χ4n) is 1.83. The predicted molar refractivity (Wildman–Crippen MR) is 88.1 cm³/mol. The van der Waals surface area contributed by atoms with Crippen molar-refractivity contribution in [3.05, 3.63) is 58.1 Å². The van der Waals surface area contributed by atoms with Crippen LogP contribution < -0.4 is 0 Å². The maximum absolute atomic E-state index is 9.19. The van der Waals surface area contributed by atoms with Crippen molar-refractivity contribution in [1.29, 1.82) is 5.26 Å². The van der Waals surface area contributed by atoms with Gasteiger partial charge in [-0.1, -0.05) is 60.6 Å². The average Bonchev–Trinajstić information content (AvgIpc) is 2.40. The number of hydrogen-bond acceptors (Lipinski definition) is 2. The van der Waals surface area contributed by atoms with Crippen molar-refractivity contribution in [2.75, 3.05) is 0 Å². The van der Waals surface area contributed by atoms with E-state index in [9.17, 15) is 5.26 Å². The summed E-state index contributed by atoms with van der Waals surface area (Å²) in [5.74, 6) is 0. The Labute approximate surface area is 133 Å². The zero-order chi connectivity index (χ0) is 14.8. The van der Waals surface area contributed by atoms with E-state index in [-0.39, 0.29) is 5.41 Å². The molecule has 0 unspecified atom stereocenters. The molecule has 0 heterocycles. The minimum atomic E-state index is 0.165. The fraction of sp³-hybridized carbons (Fsp3) is 0.235. The SMILES string of the molecule is CC(C)(C)c1ccc(Sc2ccc(Br)cc2C#N)cc1. The van der Waals surface area contributed by atoms with E-state index in [1.165, 1.54) is 5.56 Å². The van der Waals surface area contributed by atoms with Gasteiger partial charge in [0.1, 0.15) is 6.07 Å². The van der Waals surface area contributed by atoms with Crippen LogP contribution in [0.2, 0.25) is 0 Å². The molecule has 0 fully saturated rings. The Morgan fingerprint density at radius 2 is 1.70 bits per heavy atom. The second-order valence-electron chi connectivity index (χ2n) is 5.63. The summed E-state index contributed by atoms with van der Waals surface area (Å²) < 4.78 is 0.932. The molecular formula is C17H16BrNS. The molecule has 0 radical (unpaired) electrons. The van der Waals surface area contributed by atoms with Crippen molar-refractivity contribution >= 4 is 27.7 Å². The molecule has 0 aliphatic carbocycles. The average molecular weight is 346 g/mol. The molecule has 0 saturated carbocycles.